The van der Waals surface area contributed by atoms with Gasteiger partial charge >= 0.3 is 0 Å². The second kappa shape index (κ2) is 6.97. The van der Waals surface area contributed by atoms with Crippen molar-refractivity contribution in [1.29, 1.82) is 0 Å². The van der Waals surface area contributed by atoms with Crippen LogP contribution in [0.5, 0.6) is 11.5 Å². The third kappa shape index (κ3) is 3.24. The lowest BCUT2D eigenvalue weighted by Gasteiger charge is -2.10. The van der Waals surface area contributed by atoms with Crippen LogP contribution in [0.1, 0.15) is 24.5 Å². The number of rotatable bonds is 5. The maximum absolute atomic E-state index is 12.2. The van der Waals surface area contributed by atoms with E-state index in [1.807, 2.05) is 31.2 Å². The van der Waals surface area contributed by atoms with Crippen molar-refractivity contribution >= 4 is 34.8 Å². The van der Waals surface area contributed by atoms with E-state index in [0.29, 0.717) is 28.7 Å². The first-order valence-corrected chi connectivity index (χ1v) is 8.14. The Kier molecular flexibility index (Phi) is 4.76. The molecule has 2 aromatic rings. The molecule has 24 heavy (non-hydrogen) atoms. The molecule has 0 radical (unpaired) electrons. The van der Waals surface area contributed by atoms with Crippen LogP contribution >= 0.6 is 11.6 Å². The number of carbonyl (C=O) groups is 1. The molecule has 2 aromatic carbocycles. The standard InChI is InChI=1S/C19H18ClNO3/c1-3-8-24-17-7-4-12(10-18(17)23-2)9-15-14-11-13(20)5-6-16(14)21-19(15)22/h4-7,9-11H,3,8H2,1-2H3,(H,21,22)/b15-9+. The normalized spacial score (nSPS) is 14.5. The minimum absolute atomic E-state index is 0.141. The number of benzene rings is 2. The summed E-state index contributed by atoms with van der Waals surface area (Å²) in [7, 11) is 1.60. The van der Waals surface area contributed by atoms with E-state index >= 15 is 0 Å². The van der Waals surface area contributed by atoms with Crippen LogP contribution in [-0.2, 0) is 4.79 Å². The smallest absolute Gasteiger partial charge is 0.256 e. The van der Waals surface area contributed by atoms with Gasteiger partial charge in [0.25, 0.3) is 5.91 Å². The Bertz CT molecular complexity index is 814. The molecule has 124 valence electrons. The zero-order valence-corrected chi connectivity index (χ0v) is 14.3. The van der Waals surface area contributed by atoms with Crippen molar-refractivity contribution < 1.29 is 14.3 Å². The fourth-order valence-electron chi connectivity index (χ4n) is 2.58. The van der Waals surface area contributed by atoms with Crippen molar-refractivity contribution in [3.63, 3.8) is 0 Å². The van der Waals surface area contributed by atoms with Crippen molar-refractivity contribution in [2.24, 2.45) is 0 Å². The number of methoxy groups -OCH3 is 1. The number of nitrogens with one attached hydrogen (secondary N) is 1. The third-order valence-electron chi connectivity index (χ3n) is 3.72. The molecule has 0 bridgehead atoms. The molecule has 3 rings (SSSR count). The third-order valence-corrected chi connectivity index (χ3v) is 3.96. The predicted octanol–water partition coefficient (Wildman–Crippen LogP) is 4.63. The first kappa shape index (κ1) is 16.4. The van der Waals surface area contributed by atoms with E-state index in [9.17, 15) is 4.79 Å². The van der Waals surface area contributed by atoms with Crippen LogP contribution in [-0.4, -0.2) is 19.6 Å². The maximum atomic E-state index is 12.2. The molecule has 0 unspecified atom stereocenters. The van der Waals surface area contributed by atoms with Gasteiger partial charge in [-0.3, -0.25) is 4.79 Å². The molecule has 1 aliphatic heterocycles. The highest BCUT2D eigenvalue weighted by Crippen LogP contribution is 2.36. The Morgan fingerprint density at radius 2 is 2.00 bits per heavy atom. The van der Waals surface area contributed by atoms with Crippen LogP contribution in [0.2, 0.25) is 5.02 Å². The number of hydrogen-bond acceptors (Lipinski definition) is 3. The fourth-order valence-corrected chi connectivity index (χ4v) is 2.75. The largest absolute Gasteiger partial charge is 0.493 e. The van der Waals surface area contributed by atoms with E-state index in [2.05, 4.69) is 5.32 Å². The van der Waals surface area contributed by atoms with Gasteiger partial charge in [0.05, 0.1) is 13.7 Å². The van der Waals surface area contributed by atoms with Crippen molar-refractivity contribution in [2.75, 3.05) is 19.0 Å². The molecule has 0 atom stereocenters. The molecule has 0 saturated carbocycles. The molecule has 0 aromatic heterocycles. The van der Waals surface area contributed by atoms with Crippen molar-refractivity contribution in [2.45, 2.75) is 13.3 Å². The SMILES string of the molecule is CCCOc1ccc(/C=C2/C(=O)Nc3ccc(Cl)cc32)cc1OC. The lowest BCUT2D eigenvalue weighted by molar-refractivity contribution is -0.110. The van der Waals surface area contributed by atoms with E-state index in [1.165, 1.54) is 0 Å². The molecule has 0 saturated heterocycles. The number of ether oxygens (including phenoxy) is 2. The maximum Gasteiger partial charge on any atom is 0.256 e. The molecular formula is C19H18ClNO3. The molecular weight excluding hydrogens is 326 g/mol. The first-order chi connectivity index (χ1) is 11.6. The predicted molar refractivity (Wildman–Crippen MR) is 96.7 cm³/mol. The number of hydrogen-bond donors (Lipinski definition) is 1. The van der Waals surface area contributed by atoms with Gasteiger partial charge in [0, 0.05) is 21.8 Å². The highest BCUT2D eigenvalue weighted by Gasteiger charge is 2.24. The molecule has 5 heteroatoms. The number of halogens is 1. The second-order valence-electron chi connectivity index (χ2n) is 5.46. The van der Waals surface area contributed by atoms with E-state index in [4.69, 9.17) is 21.1 Å². The lowest BCUT2D eigenvalue weighted by atomic mass is 10.0. The quantitative estimate of drug-likeness (QED) is 0.805. The zero-order chi connectivity index (χ0) is 17.1. The van der Waals surface area contributed by atoms with E-state index in [1.54, 1.807) is 25.3 Å². The zero-order valence-electron chi connectivity index (χ0n) is 13.6. The van der Waals surface area contributed by atoms with Gasteiger partial charge in [-0.25, -0.2) is 0 Å². The van der Waals surface area contributed by atoms with Crippen molar-refractivity contribution in [3.05, 3.63) is 52.5 Å². The van der Waals surface area contributed by atoms with E-state index in [-0.39, 0.29) is 5.91 Å². The molecule has 4 nitrogen and oxygen atoms in total. The number of amides is 1. The minimum atomic E-state index is -0.141. The van der Waals surface area contributed by atoms with Gasteiger partial charge in [-0.1, -0.05) is 24.6 Å². The highest BCUT2D eigenvalue weighted by molar-refractivity contribution is 6.36. The summed E-state index contributed by atoms with van der Waals surface area (Å²) in [6, 6.07) is 11.0. The van der Waals surface area contributed by atoms with Gasteiger partial charge in [-0.05, 0) is 48.4 Å². The Balaban J connectivity index is 1.97. The van der Waals surface area contributed by atoms with Crippen LogP contribution in [0.25, 0.3) is 11.6 Å². The number of fused-ring (bicyclic) bond motifs is 1. The topological polar surface area (TPSA) is 47.6 Å². The summed E-state index contributed by atoms with van der Waals surface area (Å²) >= 11 is 6.05. The van der Waals surface area contributed by atoms with Gasteiger partial charge in [-0.15, -0.1) is 0 Å². The Morgan fingerprint density at radius 3 is 2.75 bits per heavy atom. The number of anilines is 1. The van der Waals surface area contributed by atoms with Gasteiger partial charge in [-0.2, -0.15) is 0 Å². The van der Waals surface area contributed by atoms with Crippen molar-refractivity contribution in [3.8, 4) is 11.5 Å². The summed E-state index contributed by atoms with van der Waals surface area (Å²) in [6.45, 7) is 2.68. The molecule has 0 spiro atoms. The molecule has 0 fully saturated rings. The monoisotopic (exact) mass is 343 g/mol. The highest BCUT2D eigenvalue weighted by atomic mass is 35.5. The molecule has 1 amide bonds. The van der Waals surface area contributed by atoms with Crippen LogP contribution < -0.4 is 14.8 Å². The van der Waals surface area contributed by atoms with E-state index < -0.39 is 0 Å². The fraction of sp³-hybridized carbons (Fsp3) is 0.211. The van der Waals surface area contributed by atoms with E-state index in [0.717, 1.165) is 23.2 Å². The summed E-state index contributed by atoms with van der Waals surface area (Å²) in [5.74, 6) is 1.20. The summed E-state index contributed by atoms with van der Waals surface area (Å²) < 4.78 is 11.0. The molecule has 1 N–H and O–H groups in total. The van der Waals surface area contributed by atoms with Gasteiger partial charge < -0.3 is 14.8 Å². The Hall–Kier alpha value is -2.46. The van der Waals surface area contributed by atoms with Gasteiger partial charge in [0.2, 0.25) is 0 Å². The summed E-state index contributed by atoms with van der Waals surface area (Å²) in [4.78, 5) is 12.2. The first-order valence-electron chi connectivity index (χ1n) is 7.76. The number of carbonyl (C=O) groups excluding carboxylic acids is 1. The van der Waals surface area contributed by atoms with Gasteiger partial charge in [0.15, 0.2) is 11.5 Å². The average molecular weight is 344 g/mol. The van der Waals surface area contributed by atoms with Crippen LogP contribution in [0.4, 0.5) is 5.69 Å². The molecule has 1 aliphatic rings. The molecule has 1 heterocycles. The second-order valence-corrected chi connectivity index (χ2v) is 5.90. The Labute approximate surface area is 146 Å². The minimum Gasteiger partial charge on any atom is -0.493 e. The lowest BCUT2D eigenvalue weighted by Crippen LogP contribution is -2.03. The summed E-state index contributed by atoms with van der Waals surface area (Å²) in [6.07, 6.45) is 2.75. The van der Waals surface area contributed by atoms with Gasteiger partial charge in [0.1, 0.15) is 0 Å². The summed E-state index contributed by atoms with van der Waals surface area (Å²) in [5.41, 5.74) is 3.01. The summed E-state index contributed by atoms with van der Waals surface area (Å²) in [5, 5.41) is 3.44. The van der Waals surface area contributed by atoms with Crippen LogP contribution in [0.3, 0.4) is 0 Å². The average Bonchev–Trinajstić information content (AvgIpc) is 2.88. The van der Waals surface area contributed by atoms with Crippen LogP contribution in [0.15, 0.2) is 36.4 Å². The van der Waals surface area contributed by atoms with Crippen LogP contribution in [0, 0.1) is 0 Å². The molecule has 0 aliphatic carbocycles. The Morgan fingerprint density at radius 1 is 1.17 bits per heavy atom. The van der Waals surface area contributed by atoms with Crippen molar-refractivity contribution in [1.82, 2.24) is 0 Å².